The lowest BCUT2D eigenvalue weighted by atomic mass is 9.68. The number of benzene rings is 3. The molecule has 0 aliphatic carbocycles. The van der Waals surface area contributed by atoms with E-state index in [-0.39, 0.29) is 40.0 Å². The Morgan fingerprint density at radius 3 is 2.42 bits per heavy atom. The zero-order valence-corrected chi connectivity index (χ0v) is 24.1. The number of hydrogen-bond donors (Lipinski definition) is 3. The Morgan fingerprint density at radius 1 is 1.07 bits per heavy atom. The fraction of sp³-hybridized carbons (Fsp3) is 0.323. The van der Waals surface area contributed by atoms with Gasteiger partial charge in [0.2, 0.25) is 11.8 Å². The topological polar surface area (TPSA) is 87.3 Å². The number of carbonyl (C=O) groups excluding carboxylic acids is 3. The summed E-state index contributed by atoms with van der Waals surface area (Å²) in [4.78, 5) is 39.1. The van der Waals surface area contributed by atoms with Gasteiger partial charge in [-0.05, 0) is 73.2 Å². The average molecular weight is 583 g/mol. The van der Waals surface area contributed by atoms with Crippen molar-refractivity contribution in [2.24, 2.45) is 5.41 Å². The molecular weight excluding hydrogens is 552 g/mol. The molecule has 0 aromatic heterocycles. The molecule has 2 amide bonds. The molecule has 2 heterocycles. The van der Waals surface area contributed by atoms with Crippen LogP contribution in [0.1, 0.15) is 56.5 Å². The summed E-state index contributed by atoms with van der Waals surface area (Å²) in [6.07, 6.45) is 0.720. The van der Waals surface area contributed by atoms with Crippen molar-refractivity contribution in [3.8, 4) is 11.1 Å². The van der Waals surface area contributed by atoms with Gasteiger partial charge in [-0.1, -0.05) is 56.1 Å². The molecule has 40 heavy (non-hydrogen) atoms. The van der Waals surface area contributed by atoms with Gasteiger partial charge < -0.3 is 16.0 Å². The number of halogens is 3. The second kappa shape index (κ2) is 10.3. The van der Waals surface area contributed by atoms with Crippen molar-refractivity contribution in [1.29, 1.82) is 0 Å². The predicted molar refractivity (Wildman–Crippen MR) is 157 cm³/mol. The van der Waals surface area contributed by atoms with Crippen LogP contribution < -0.4 is 16.0 Å². The van der Waals surface area contributed by atoms with Crippen molar-refractivity contribution in [3.05, 3.63) is 81.6 Å². The number of anilines is 2. The molecule has 1 unspecified atom stereocenters. The molecule has 1 saturated heterocycles. The molecule has 3 atom stereocenters. The van der Waals surface area contributed by atoms with Gasteiger partial charge in [-0.15, -0.1) is 0 Å². The third-order valence-electron chi connectivity index (χ3n) is 7.66. The highest BCUT2D eigenvalue weighted by molar-refractivity contribution is 6.32. The van der Waals surface area contributed by atoms with Gasteiger partial charge in [0.1, 0.15) is 5.82 Å². The molecule has 1 fully saturated rings. The quantitative estimate of drug-likeness (QED) is 0.283. The Kier molecular flexibility index (Phi) is 7.27. The normalized spacial score (nSPS) is 21.8. The summed E-state index contributed by atoms with van der Waals surface area (Å²) in [6.45, 7) is 7.69. The van der Waals surface area contributed by atoms with Crippen molar-refractivity contribution in [3.63, 3.8) is 0 Å². The van der Waals surface area contributed by atoms with Gasteiger partial charge in [0, 0.05) is 39.1 Å². The minimum absolute atomic E-state index is 0.0404. The summed E-state index contributed by atoms with van der Waals surface area (Å²) in [5.74, 6) is -1.25. The Hall–Kier alpha value is -3.26. The first kappa shape index (κ1) is 28.3. The molecule has 0 saturated carbocycles. The van der Waals surface area contributed by atoms with Gasteiger partial charge >= 0.3 is 0 Å². The SMILES string of the molecule is CC(=O)c1ccc(NC(=O)[C@H]2CC3(C(=O)Nc4cc(Cl)cc(-c5cccc(Cl)c5F)c43)[C@H](CC(C)(C)C)N2)cc1. The summed E-state index contributed by atoms with van der Waals surface area (Å²) < 4.78 is 15.4. The minimum Gasteiger partial charge on any atom is -0.325 e. The van der Waals surface area contributed by atoms with E-state index in [0.717, 1.165) is 0 Å². The van der Waals surface area contributed by atoms with Crippen molar-refractivity contribution in [2.45, 2.75) is 58.0 Å². The van der Waals surface area contributed by atoms with Crippen LogP contribution in [0.25, 0.3) is 11.1 Å². The highest BCUT2D eigenvalue weighted by Crippen LogP contribution is 2.54. The summed E-state index contributed by atoms with van der Waals surface area (Å²) in [6, 6.07) is 13.5. The average Bonchev–Trinajstić information content (AvgIpc) is 3.37. The number of amides is 2. The molecule has 2 aliphatic rings. The maximum atomic E-state index is 15.4. The Morgan fingerprint density at radius 2 is 1.77 bits per heavy atom. The number of carbonyl (C=O) groups is 3. The fourth-order valence-corrected chi connectivity index (χ4v) is 6.32. The van der Waals surface area contributed by atoms with Crippen LogP contribution in [-0.4, -0.2) is 29.7 Å². The lowest BCUT2D eigenvalue weighted by Crippen LogP contribution is -2.48. The molecule has 3 aromatic carbocycles. The maximum absolute atomic E-state index is 15.4. The minimum atomic E-state index is -1.17. The van der Waals surface area contributed by atoms with Crippen molar-refractivity contribution in [2.75, 3.05) is 10.6 Å². The first-order chi connectivity index (χ1) is 18.8. The van der Waals surface area contributed by atoms with Gasteiger partial charge in [-0.3, -0.25) is 14.4 Å². The van der Waals surface area contributed by atoms with Crippen LogP contribution in [0.4, 0.5) is 15.8 Å². The second-order valence-corrected chi connectivity index (χ2v) is 12.6. The van der Waals surface area contributed by atoms with E-state index in [1.54, 1.807) is 48.5 Å². The predicted octanol–water partition coefficient (Wildman–Crippen LogP) is 7.00. The van der Waals surface area contributed by atoms with Gasteiger partial charge in [-0.25, -0.2) is 4.39 Å². The van der Waals surface area contributed by atoms with Gasteiger partial charge in [0.15, 0.2) is 5.78 Å². The summed E-state index contributed by atoms with van der Waals surface area (Å²) in [5, 5.41) is 9.62. The van der Waals surface area contributed by atoms with E-state index in [1.807, 2.05) is 0 Å². The smallest absolute Gasteiger partial charge is 0.241 e. The first-order valence-electron chi connectivity index (χ1n) is 13.1. The van der Waals surface area contributed by atoms with E-state index in [9.17, 15) is 14.4 Å². The molecule has 9 heteroatoms. The second-order valence-electron chi connectivity index (χ2n) is 11.8. The highest BCUT2D eigenvalue weighted by atomic mass is 35.5. The van der Waals surface area contributed by atoms with Crippen molar-refractivity contribution >= 4 is 52.2 Å². The third kappa shape index (κ3) is 5.02. The number of Topliss-reactive ketones (excluding diaryl/α,β-unsaturated/α-hetero) is 1. The summed E-state index contributed by atoms with van der Waals surface area (Å²) >= 11 is 12.6. The molecule has 3 N–H and O–H groups in total. The Bertz CT molecular complexity index is 1530. The maximum Gasteiger partial charge on any atom is 0.241 e. The molecule has 1 spiro atoms. The molecule has 0 bridgehead atoms. The van der Waals surface area contributed by atoms with Gasteiger partial charge in [0.25, 0.3) is 0 Å². The van der Waals surface area contributed by atoms with Gasteiger partial charge in [-0.2, -0.15) is 0 Å². The van der Waals surface area contributed by atoms with Crippen LogP contribution in [0.3, 0.4) is 0 Å². The van der Waals surface area contributed by atoms with Crippen molar-refractivity contribution < 1.29 is 18.8 Å². The molecule has 2 aliphatic heterocycles. The Balaban J connectivity index is 1.59. The number of rotatable bonds is 5. The fourth-order valence-electron chi connectivity index (χ4n) is 5.92. The number of nitrogens with one attached hydrogen (secondary N) is 3. The van der Waals surface area contributed by atoms with Gasteiger partial charge in [0.05, 0.1) is 16.5 Å². The van der Waals surface area contributed by atoms with Crippen molar-refractivity contribution in [1.82, 2.24) is 5.32 Å². The molecule has 6 nitrogen and oxygen atoms in total. The number of fused-ring (bicyclic) bond motifs is 2. The lowest BCUT2D eigenvalue weighted by Gasteiger charge is -2.34. The third-order valence-corrected chi connectivity index (χ3v) is 8.17. The van der Waals surface area contributed by atoms with E-state index in [1.165, 1.54) is 13.0 Å². The van der Waals surface area contributed by atoms with E-state index in [4.69, 9.17) is 23.2 Å². The number of ketones is 1. The van der Waals surface area contributed by atoms with Crippen LogP contribution in [0.2, 0.25) is 10.0 Å². The Labute approximate surface area is 242 Å². The van der Waals surface area contributed by atoms with E-state index < -0.39 is 23.3 Å². The summed E-state index contributed by atoms with van der Waals surface area (Å²) in [5.41, 5.74) is 1.50. The highest BCUT2D eigenvalue weighted by Gasteiger charge is 2.60. The van der Waals surface area contributed by atoms with Crippen LogP contribution in [0, 0.1) is 11.2 Å². The standard InChI is InChI=1S/C31H30Cl2FN3O3/c1-16(38)17-8-10-19(11-9-17)35-28(39)24-14-31(25(36-24)15-30(2,3)4)26-21(20-6-5-7-22(33)27(20)34)12-18(32)13-23(26)37-29(31)40/h5-13,24-25,36H,14-15H2,1-4H3,(H,35,39)(H,37,40)/t24-,25+,31?/m1/s1. The zero-order valence-electron chi connectivity index (χ0n) is 22.6. The monoisotopic (exact) mass is 581 g/mol. The largest absolute Gasteiger partial charge is 0.325 e. The van der Waals surface area contributed by atoms with Crippen LogP contribution in [-0.2, 0) is 15.0 Å². The first-order valence-corrected chi connectivity index (χ1v) is 13.8. The van der Waals surface area contributed by atoms with E-state index in [0.29, 0.717) is 39.5 Å². The van der Waals surface area contributed by atoms with Crippen LogP contribution in [0.5, 0.6) is 0 Å². The number of hydrogen-bond acceptors (Lipinski definition) is 4. The van der Waals surface area contributed by atoms with E-state index in [2.05, 4.69) is 36.7 Å². The zero-order chi connectivity index (χ0) is 29.0. The summed E-state index contributed by atoms with van der Waals surface area (Å²) in [7, 11) is 0. The van der Waals surface area contributed by atoms with Crippen LogP contribution >= 0.6 is 23.2 Å². The molecular formula is C31H30Cl2FN3O3. The van der Waals surface area contributed by atoms with Crippen LogP contribution in [0.15, 0.2) is 54.6 Å². The van der Waals surface area contributed by atoms with E-state index >= 15 is 4.39 Å². The molecule has 5 rings (SSSR count). The molecule has 0 radical (unpaired) electrons. The molecule has 208 valence electrons. The molecule has 3 aromatic rings. The lowest BCUT2D eigenvalue weighted by molar-refractivity contribution is -0.121.